The molecule has 39 heavy (non-hydrogen) atoms. The summed E-state index contributed by atoms with van der Waals surface area (Å²) in [5.74, 6) is 1.13. The van der Waals surface area contributed by atoms with E-state index < -0.39 is 5.54 Å². The van der Waals surface area contributed by atoms with Crippen LogP contribution in [0.1, 0.15) is 62.6 Å². The molecule has 3 N–H and O–H groups in total. The van der Waals surface area contributed by atoms with Crippen molar-refractivity contribution in [2.75, 3.05) is 38.0 Å². The van der Waals surface area contributed by atoms with Crippen LogP contribution in [0.15, 0.2) is 52.5 Å². The van der Waals surface area contributed by atoms with Gasteiger partial charge in [0.1, 0.15) is 11.4 Å². The van der Waals surface area contributed by atoms with E-state index >= 15 is 0 Å². The molecule has 0 bridgehead atoms. The van der Waals surface area contributed by atoms with Crippen molar-refractivity contribution < 1.29 is 4.79 Å². The van der Waals surface area contributed by atoms with Crippen molar-refractivity contribution in [1.29, 1.82) is 0 Å². The molecule has 3 aromatic rings. The maximum Gasteiger partial charge on any atom is 0.259 e. The summed E-state index contributed by atoms with van der Waals surface area (Å²) in [4.78, 5) is 35.8. The molecule has 9 heteroatoms. The third-order valence-corrected chi connectivity index (χ3v) is 8.46. The van der Waals surface area contributed by atoms with Crippen LogP contribution >= 0.6 is 0 Å². The number of hydrogen-bond acceptors (Lipinski definition) is 7. The lowest BCUT2D eigenvalue weighted by atomic mass is 9.90. The number of H-pyrrole nitrogens is 1. The molecule has 2 fully saturated rings. The summed E-state index contributed by atoms with van der Waals surface area (Å²) in [6.45, 7) is 8.19. The van der Waals surface area contributed by atoms with Crippen molar-refractivity contribution in [2.45, 2.75) is 56.9 Å². The minimum absolute atomic E-state index is 0.0952. The zero-order chi connectivity index (χ0) is 27.0. The van der Waals surface area contributed by atoms with E-state index in [9.17, 15) is 9.59 Å². The van der Waals surface area contributed by atoms with Gasteiger partial charge in [-0.05, 0) is 93.8 Å². The molecule has 0 aliphatic carbocycles. The fourth-order valence-corrected chi connectivity index (χ4v) is 6.05. The molecule has 0 saturated carbocycles. The van der Waals surface area contributed by atoms with Crippen molar-refractivity contribution in [1.82, 2.24) is 25.2 Å². The van der Waals surface area contributed by atoms with E-state index in [-0.39, 0.29) is 17.4 Å². The highest BCUT2D eigenvalue weighted by Gasteiger charge is 2.41. The fraction of sp³-hybridized carbons (Fsp3) is 0.467. The van der Waals surface area contributed by atoms with Gasteiger partial charge < -0.3 is 20.5 Å². The summed E-state index contributed by atoms with van der Waals surface area (Å²) < 4.78 is 0. The van der Waals surface area contributed by atoms with Gasteiger partial charge in [-0.1, -0.05) is 12.1 Å². The second-order valence-corrected chi connectivity index (χ2v) is 11.4. The van der Waals surface area contributed by atoms with Gasteiger partial charge in [0.05, 0.1) is 23.5 Å². The normalized spacial score (nSPS) is 20.2. The van der Waals surface area contributed by atoms with Gasteiger partial charge in [-0.25, -0.2) is 4.98 Å². The number of carbonyl (C=O) groups excluding carboxylic acids is 1. The number of hydrazone groups is 1. The van der Waals surface area contributed by atoms with E-state index in [1.807, 2.05) is 42.1 Å². The number of hydrogen-bond donors (Lipinski definition) is 3. The molecule has 0 radical (unpaired) electrons. The number of rotatable bonds is 6. The van der Waals surface area contributed by atoms with Crippen LogP contribution in [0.25, 0.3) is 10.8 Å². The van der Waals surface area contributed by atoms with Crippen LogP contribution < -0.4 is 16.2 Å². The first-order chi connectivity index (χ1) is 18.9. The van der Waals surface area contributed by atoms with Gasteiger partial charge in [0.15, 0.2) is 0 Å². The maximum atomic E-state index is 13.2. The molecule has 1 aromatic carbocycles. The molecule has 2 saturated heterocycles. The van der Waals surface area contributed by atoms with E-state index in [4.69, 9.17) is 4.98 Å². The van der Waals surface area contributed by atoms with Crippen LogP contribution in [0, 0.1) is 0 Å². The summed E-state index contributed by atoms with van der Waals surface area (Å²) in [5, 5.41) is 14.7. The predicted octanol–water partition coefficient (Wildman–Crippen LogP) is 3.92. The molecule has 2 aromatic heterocycles. The first-order valence-electron chi connectivity index (χ1n) is 14.1. The Morgan fingerprint density at radius 2 is 1.82 bits per heavy atom. The molecule has 5 heterocycles. The van der Waals surface area contributed by atoms with Crippen molar-refractivity contribution in [2.24, 2.45) is 5.10 Å². The first kappa shape index (κ1) is 25.6. The average molecular weight is 528 g/mol. The Morgan fingerprint density at radius 3 is 2.56 bits per heavy atom. The van der Waals surface area contributed by atoms with Crippen LogP contribution in [0.4, 0.5) is 11.5 Å². The predicted molar refractivity (Wildman–Crippen MR) is 155 cm³/mol. The molecule has 6 rings (SSSR count). The highest BCUT2D eigenvalue weighted by atomic mass is 16.2. The summed E-state index contributed by atoms with van der Waals surface area (Å²) in [5.41, 5.74) is 2.14. The molecular formula is C30H37N7O2. The molecule has 3 aliphatic heterocycles. The number of carbonyl (C=O) groups is 1. The van der Waals surface area contributed by atoms with Crippen LogP contribution in [0.5, 0.6) is 0 Å². The van der Waals surface area contributed by atoms with Gasteiger partial charge in [-0.2, -0.15) is 5.10 Å². The Labute approximate surface area is 228 Å². The van der Waals surface area contributed by atoms with E-state index in [2.05, 4.69) is 45.0 Å². The average Bonchev–Trinajstić information content (AvgIpc) is 3.67. The summed E-state index contributed by atoms with van der Waals surface area (Å²) >= 11 is 0. The quantitative estimate of drug-likeness (QED) is 0.449. The van der Waals surface area contributed by atoms with Gasteiger partial charge in [-0.15, -0.1) is 0 Å². The monoisotopic (exact) mass is 527 g/mol. The Morgan fingerprint density at radius 1 is 1.08 bits per heavy atom. The van der Waals surface area contributed by atoms with E-state index in [0.29, 0.717) is 23.7 Å². The van der Waals surface area contributed by atoms with Crippen molar-refractivity contribution in [3.8, 4) is 0 Å². The molecule has 0 spiro atoms. The van der Waals surface area contributed by atoms with E-state index in [1.54, 1.807) is 6.20 Å². The number of amides is 1. The van der Waals surface area contributed by atoms with Crippen LogP contribution in [-0.2, 0) is 4.79 Å². The lowest BCUT2D eigenvalue weighted by molar-refractivity contribution is -0.141. The van der Waals surface area contributed by atoms with Gasteiger partial charge in [0, 0.05) is 31.2 Å². The second kappa shape index (κ2) is 10.4. The highest BCUT2D eigenvalue weighted by molar-refractivity contribution is 5.93. The third-order valence-electron chi connectivity index (χ3n) is 8.46. The Kier molecular flexibility index (Phi) is 6.85. The molecule has 3 aliphatic rings. The molecule has 9 nitrogen and oxygen atoms in total. The molecular weight excluding hydrogens is 490 g/mol. The molecule has 204 valence electrons. The lowest BCUT2D eigenvalue weighted by Crippen LogP contribution is -2.53. The van der Waals surface area contributed by atoms with Crippen molar-refractivity contribution in [3.05, 3.63) is 64.2 Å². The van der Waals surface area contributed by atoms with Crippen molar-refractivity contribution in [3.63, 3.8) is 0 Å². The SMILES string of the molecule is CC(C)(C(=O)N1CCCC1)N1CC(c2cc3cc[nH]c(=O)c3c(Nc3ccc(C4CCNCC4)cc3)n2)C=N1. The molecule has 1 unspecified atom stereocenters. The van der Waals surface area contributed by atoms with E-state index in [1.165, 1.54) is 5.56 Å². The number of benzene rings is 1. The Balaban J connectivity index is 1.25. The van der Waals surface area contributed by atoms with Gasteiger partial charge in [0.2, 0.25) is 5.91 Å². The Hall–Kier alpha value is -3.72. The van der Waals surface area contributed by atoms with E-state index in [0.717, 1.165) is 68.6 Å². The number of nitrogens with one attached hydrogen (secondary N) is 3. The number of nitrogens with zero attached hydrogens (tertiary/aromatic N) is 4. The lowest BCUT2D eigenvalue weighted by Gasteiger charge is -2.36. The maximum absolute atomic E-state index is 13.2. The Bertz CT molecular complexity index is 1430. The summed E-state index contributed by atoms with van der Waals surface area (Å²) in [6.07, 6.45) is 7.96. The molecule has 1 amide bonds. The minimum Gasteiger partial charge on any atom is -0.341 e. The first-order valence-corrected chi connectivity index (χ1v) is 14.1. The zero-order valence-electron chi connectivity index (χ0n) is 22.7. The number of pyridine rings is 2. The number of anilines is 2. The number of fused-ring (bicyclic) bond motifs is 1. The second-order valence-electron chi connectivity index (χ2n) is 11.4. The number of piperidine rings is 1. The third kappa shape index (κ3) is 5.03. The number of aromatic amines is 1. The van der Waals surface area contributed by atoms with Gasteiger partial charge in [-0.3, -0.25) is 14.6 Å². The van der Waals surface area contributed by atoms with Crippen LogP contribution in [-0.4, -0.2) is 70.3 Å². The number of likely N-dealkylation sites (tertiary alicyclic amines) is 1. The zero-order valence-corrected chi connectivity index (χ0v) is 22.7. The topological polar surface area (TPSA) is 106 Å². The highest BCUT2D eigenvalue weighted by Crippen LogP contribution is 2.32. The molecule has 1 atom stereocenters. The fourth-order valence-electron chi connectivity index (χ4n) is 6.05. The smallest absolute Gasteiger partial charge is 0.259 e. The van der Waals surface area contributed by atoms with Crippen LogP contribution in [0.2, 0.25) is 0 Å². The largest absolute Gasteiger partial charge is 0.341 e. The van der Waals surface area contributed by atoms with Crippen LogP contribution in [0.3, 0.4) is 0 Å². The van der Waals surface area contributed by atoms with Gasteiger partial charge in [0.25, 0.3) is 5.56 Å². The number of aromatic nitrogens is 2. The van der Waals surface area contributed by atoms with Gasteiger partial charge >= 0.3 is 0 Å². The minimum atomic E-state index is -0.735. The summed E-state index contributed by atoms with van der Waals surface area (Å²) in [6, 6.07) is 12.4. The van der Waals surface area contributed by atoms with Crippen molar-refractivity contribution >= 4 is 34.4 Å². The summed E-state index contributed by atoms with van der Waals surface area (Å²) in [7, 11) is 0. The standard InChI is InChI=1S/C30H37N7O2/c1-30(2,29(39)36-15-3-4-16-36)37-19-23(18-33-37)25-17-22-11-14-32-28(38)26(22)27(35-25)34-24-7-5-20(6-8-24)21-9-12-31-13-10-21/h5-8,11,14,17-18,21,23,31H,3-4,9-10,12-13,15-16,19H2,1-2H3,(H,32,38)(H,34,35).